The lowest BCUT2D eigenvalue weighted by Crippen LogP contribution is -2.17. The average Bonchev–Trinajstić information content (AvgIpc) is 2.37. The van der Waals surface area contributed by atoms with Gasteiger partial charge in [-0.3, -0.25) is 0 Å². The number of ether oxygens (including phenoxy) is 2. The van der Waals surface area contributed by atoms with Crippen LogP contribution in [0.1, 0.15) is 38.1 Å². The smallest absolute Gasteiger partial charge is 0.133 e. The highest BCUT2D eigenvalue weighted by atomic mass is 79.9. The van der Waals surface area contributed by atoms with E-state index in [2.05, 4.69) is 36.7 Å². The number of benzene rings is 1. The van der Waals surface area contributed by atoms with Crippen LogP contribution in [-0.4, -0.2) is 14.2 Å². The summed E-state index contributed by atoms with van der Waals surface area (Å²) in [5.74, 6) is 1.55. The first kappa shape index (κ1) is 15.6. The van der Waals surface area contributed by atoms with E-state index < -0.39 is 0 Å². The van der Waals surface area contributed by atoms with E-state index in [1.165, 1.54) is 0 Å². The van der Waals surface area contributed by atoms with Crippen LogP contribution in [0.5, 0.6) is 11.5 Å². The van der Waals surface area contributed by atoms with Crippen LogP contribution in [0.3, 0.4) is 0 Å². The van der Waals surface area contributed by atoms with E-state index >= 15 is 0 Å². The number of halogens is 2. The minimum Gasteiger partial charge on any atom is -0.496 e. The van der Waals surface area contributed by atoms with Gasteiger partial charge in [-0.25, -0.2) is 0 Å². The molecule has 1 aromatic carbocycles. The average molecular weight is 336 g/mol. The summed E-state index contributed by atoms with van der Waals surface area (Å²) < 4.78 is 11.6. The van der Waals surface area contributed by atoms with Gasteiger partial charge in [0.25, 0.3) is 0 Å². The first-order valence-corrected chi connectivity index (χ1v) is 7.15. The van der Waals surface area contributed by atoms with E-state index in [0.717, 1.165) is 28.0 Å². The fraction of sp³-hybridized carbons (Fsp3) is 0.571. The lowest BCUT2D eigenvalue weighted by Gasteiger charge is -2.30. The second kappa shape index (κ2) is 6.16. The molecule has 0 saturated carbocycles. The number of alkyl halides is 1. The Morgan fingerprint density at radius 2 is 1.78 bits per heavy atom. The van der Waals surface area contributed by atoms with Gasteiger partial charge in [0.2, 0.25) is 0 Å². The molecule has 0 N–H and O–H groups in total. The van der Waals surface area contributed by atoms with Crippen LogP contribution in [0.25, 0.3) is 0 Å². The lowest BCUT2D eigenvalue weighted by molar-refractivity contribution is 0.324. The predicted octanol–water partition coefficient (Wildman–Crippen LogP) is 5.18. The Morgan fingerprint density at radius 1 is 1.22 bits per heavy atom. The molecular weight excluding hydrogens is 316 g/mol. The fourth-order valence-corrected chi connectivity index (χ4v) is 2.49. The highest BCUT2D eigenvalue weighted by Gasteiger charge is 2.30. The quantitative estimate of drug-likeness (QED) is 0.690. The standard InChI is InChI=1S/C14H20BrClO2/c1-6-14(2,3)13(16)9-7-12(18-5)10(15)8-11(9)17-4/h7-8,13H,6H2,1-5H3. The Bertz CT molecular complexity index is 419. The zero-order valence-electron chi connectivity index (χ0n) is 11.5. The van der Waals surface area contributed by atoms with Crippen LogP contribution in [0, 0.1) is 5.41 Å². The highest BCUT2D eigenvalue weighted by Crippen LogP contribution is 2.47. The Labute approximate surface area is 123 Å². The van der Waals surface area contributed by atoms with Gasteiger partial charge in [-0.1, -0.05) is 20.8 Å². The second-order valence-corrected chi connectivity index (χ2v) is 6.22. The molecule has 0 aliphatic heterocycles. The zero-order chi connectivity index (χ0) is 13.9. The minimum absolute atomic E-state index is 0.00627. The molecule has 0 bridgehead atoms. The monoisotopic (exact) mass is 334 g/mol. The van der Waals surface area contributed by atoms with Crippen LogP contribution in [0.2, 0.25) is 0 Å². The second-order valence-electron chi connectivity index (χ2n) is 4.93. The van der Waals surface area contributed by atoms with Crippen molar-refractivity contribution in [2.45, 2.75) is 32.6 Å². The molecule has 0 heterocycles. The first-order chi connectivity index (χ1) is 8.37. The van der Waals surface area contributed by atoms with Crippen molar-refractivity contribution in [3.8, 4) is 11.5 Å². The summed E-state index contributed by atoms with van der Waals surface area (Å²) in [5.41, 5.74) is 0.958. The van der Waals surface area contributed by atoms with E-state index in [-0.39, 0.29) is 10.8 Å². The highest BCUT2D eigenvalue weighted by molar-refractivity contribution is 9.10. The van der Waals surface area contributed by atoms with Crippen LogP contribution >= 0.6 is 27.5 Å². The van der Waals surface area contributed by atoms with Gasteiger partial charge in [0.05, 0.1) is 24.1 Å². The minimum atomic E-state index is -0.126. The van der Waals surface area contributed by atoms with Crippen molar-refractivity contribution in [3.63, 3.8) is 0 Å². The molecule has 0 aliphatic carbocycles. The summed E-state index contributed by atoms with van der Waals surface area (Å²) in [6.07, 6.45) is 0.989. The Morgan fingerprint density at radius 3 is 2.22 bits per heavy atom. The van der Waals surface area contributed by atoms with Crippen LogP contribution < -0.4 is 9.47 Å². The van der Waals surface area contributed by atoms with E-state index in [1.54, 1.807) is 14.2 Å². The van der Waals surface area contributed by atoms with Gasteiger partial charge < -0.3 is 9.47 Å². The maximum atomic E-state index is 6.61. The molecule has 1 atom stereocenters. The lowest BCUT2D eigenvalue weighted by atomic mass is 9.82. The van der Waals surface area contributed by atoms with Crippen LogP contribution in [-0.2, 0) is 0 Å². The van der Waals surface area contributed by atoms with Crippen molar-refractivity contribution in [1.82, 2.24) is 0 Å². The third kappa shape index (κ3) is 3.12. The van der Waals surface area contributed by atoms with Crippen molar-refractivity contribution in [2.24, 2.45) is 5.41 Å². The molecule has 1 unspecified atom stereocenters. The Kier molecular flexibility index (Phi) is 5.35. The largest absolute Gasteiger partial charge is 0.496 e. The molecule has 0 saturated heterocycles. The molecule has 4 heteroatoms. The van der Waals surface area contributed by atoms with E-state index in [0.29, 0.717) is 0 Å². The molecule has 18 heavy (non-hydrogen) atoms. The summed E-state index contributed by atoms with van der Waals surface area (Å²) >= 11 is 10.1. The van der Waals surface area contributed by atoms with Crippen molar-refractivity contribution < 1.29 is 9.47 Å². The molecule has 0 aliphatic rings. The normalized spacial score (nSPS) is 13.3. The van der Waals surface area contributed by atoms with E-state index in [9.17, 15) is 0 Å². The predicted molar refractivity (Wildman–Crippen MR) is 79.9 cm³/mol. The molecule has 0 aromatic heterocycles. The van der Waals surface area contributed by atoms with Crippen LogP contribution in [0.15, 0.2) is 16.6 Å². The molecule has 0 spiro atoms. The number of methoxy groups -OCH3 is 2. The molecule has 0 fully saturated rings. The zero-order valence-corrected chi connectivity index (χ0v) is 13.9. The topological polar surface area (TPSA) is 18.5 Å². The molecule has 1 rings (SSSR count). The maximum Gasteiger partial charge on any atom is 0.133 e. The molecule has 0 radical (unpaired) electrons. The third-order valence-corrected chi connectivity index (χ3v) is 4.82. The number of hydrogen-bond acceptors (Lipinski definition) is 2. The number of rotatable bonds is 5. The molecule has 1 aromatic rings. The molecule has 102 valence electrons. The van der Waals surface area contributed by atoms with E-state index in [4.69, 9.17) is 21.1 Å². The maximum absolute atomic E-state index is 6.61. The van der Waals surface area contributed by atoms with Gasteiger partial charge in [0.15, 0.2) is 0 Å². The molecule has 0 amide bonds. The molecule has 2 nitrogen and oxygen atoms in total. The Hall–Kier alpha value is -0.410. The van der Waals surface area contributed by atoms with Crippen molar-refractivity contribution in [3.05, 3.63) is 22.2 Å². The summed E-state index contributed by atoms with van der Waals surface area (Å²) in [7, 11) is 3.30. The van der Waals surface area contributed by atoms with Gasteiger partial charge in [0, 0.05) is 5.56 Å². The van der Waals surface area contributed by atoms with Gasteiger partial charge >= 0.3 is 0 Å². The fourth-order valence-electron chi connectivity index (χ4n) is 1.68. The Balaban J connectivity index is 3.29. The van der Waals surface area contributed by atoms with Gasteiger partial charge in [0.1, 0.15) is 11.5 Å². The number of hydrogen-bond donors (Lipinski definition) is 0. The van der Waals surface area contributed by atoms with Gasteiger partial charge in [-0.15, -0.1) is 11.6 Å². The summed E-state index contributed by atoms with van der Waals surface area (Å²) in [4.78, 5) is 0. The summed E-state index contributed by atoms with van der Waals surface area (Å²) in [6, 6.07) is 3.84. The summed E-state index contributed by atoms with van der Waals surface area (Å²) in [5, 5.41) is -0.126. The first-order valence-electron chi connectivity index (χ1n) is 5.92. The van der Waals surface area contributed by atoms with Crippen molar-refractivity contribution in [1.29, 1.82) is 0 Å². The summed E-state index contributed by atoms with van der Waals surface area (Å²) in [6.45, 7) is 6.44. The van der Waals surface area contributed by atoms with Gasteiger partial charge in [-0.2, -0.15) is 0 Å². The third-order valence-electron chi connectivity index (χ3n) is 3.37. The van der Waals surface area contributed by atoms with Gasteiger partial charge in [-0.05, 0) is 39.9 Å². The SMILES string of the molecule is CCC(C)(C)C(Cl)c1cc(OC)c(Br)cc1OC. The molecular formula is C14H20BrClO2. The van der Waals surface area contributed by atoms with Crippen LogP contribution in [0.4, 0.5) is 0 Å². The van der Waals surface area contributed by atoms with E-state index in [1.807, 2.05) is 12.1 Å². The van der Waals surface area contributed by atoms with Crippen molar-refractivity contribution in [2.75, 3.05) is 14.2 Å². The van der Waals surface area contributed by atoms with Crippen molar-refractivity contribution >= 4 is 27.5 Å².